The zero-order valence-electron chi connectivity index (χ0n) is 12.2. The number of aliphatic hydroxyl groups is 1. The Morgan fingerprint density at radius 2 is 1.86 bits per heavy atom. The van der Waals surface area contributed by atoms with E-state index in [9.17, 15) is 9.90 Å². The molecule has 110 valence electrons. The second kappa shape index (κ2) is 7.29. The third-order valence-electron chi connectivity index (χ3n) is 3.35. The van der Waals surface area contributed by atoms with Crippen molar-refractivity contribution in [3.8, 4) is 0 Å². The fraction of sp³-hybridized carbons (Fsp3) is 0.235. The van der Waals surface area contributed by atoms with Gasteiger partial charge in [0.2, 0.25) is 0 Å². The first kappa shape index (κ1) is 15.6. The molecule has 0 saturated heterocycles. The van der Waals surface area contributed by atoms with E-state index < -0.39 is 6.10 Å². The van der Waals surface area contributed by atoms with Crippen molar-refractivity contribution in [2.75, 3.05) is 12.8 Å². The molecule has 0 fully saturated rings. The highest BCUT2D eigenvalue weighted by atomic mass is 32.2. The molecular formula is C17H19NO2S. The van der Waals surface area contributed by atoms with Crippen LogP contribution in [0.25, 0.3) is 0 Å². The van der Waals surface area contributed by atoms with Gasteiger partial charge in [0.25, 0.3) is 5.91 Å². The summed E-state index contributed by atoms with van der Waals surface area (Å²) in [5.74, 6) is -0.159. The van der Waals surface area contributed by atoms with E-state index >= 15 is 0 Å². The smallest absolute Gasteiger partial charge is 0.251 e. The lowest BCUT2D eigenvalue weighted by Crippen LogP contribution is -2.28. The van der Waals surface area contributed by atoms with Crippen molar-refractivity contribution in [1.82, 2.24) is 5.32 Å². The third-order valence-corrected chi connectivity index (χ3v) is 4.09. The minimum absolute atomic E-state index is 0.159. The van der Waals surface area contributed by atoms with Crippen LogP contribution in [0.4, 0.5) is 0 Å². The average Bonchev–Trinajstić information content (AvgIpc) is 2.52. The lowest BCUT2D eigenvalue weighted by atomic mass is 10.1. The molecule has 0 spiro atoms. The number of aryl methyl sites for hydroxylation is 1. The summed E-state index contributed by atoms with van der Waals surface area (Å²) in [5, 5.41) is 12.9. The van der Waals surface area contributed by atoms with E-state index in [4.69, 9.17) is 0 Å². The molecule has 1 amide bonds. The molecule has 0 radical (unpaired) electrons. The molecule has 0 heterocycles. The van der Waals surface area contributed by atoms with Crippen LogP contribution in [-0.4, -0.2) is 23.8 Å². The minimum atomic E-state index is -0.700. The van der Waals surface area contributed by atoms with E-state index in [1.165, 1.54) is 0 Å². The van der Waals surface area contributed by atoms with Gasteiger partial charge >= 0.3 is 0 Å². The number of nitrogens with one attached hydrogen (secondary N) is 1. The highest BCUT2D eigenvalue weighted by molar-refractivity contribution is 7.98. The topological polar surface area (TPSA) is 49.3 Å². The Morgan fingerprint density at radius 1 is 1.19 bits per heavy atom. The maximum absolute atomic E-state index is 12.1. The predicted molar refractivity (Wildman–Crippen MR) is 86.7 cm³/mol. The summed E-state index contributed by atoms with van der Waals surface area (Å²) in [5.41, 5.74) is 2.37. The van der Waals surface area contributed by atoms with E-state index in [1.54, 1.807) is 17.8 Å². The zero-order chi connectivity index (χ0) is 15.2. The van der Waals surface area contributed by atoms with Gasteiger partial charge < -0.3 is 10.4 Å². The molecule has 0 aliphatic carbocycles. The quantitative estimate of drug-likeness (QED) is 0.834. The maximum Gasteiger partial charge on any atom is 0.251 e. The largest absolute Gasteiger partial charge is 0.387 e. The number of hydrogen-bond acceptors (Lipinski definition) is 3. The summed E-state index contributed by atoms with van der Waals surface area (Å²) in [6.07, 6.45) is 1.31. The van der Waals surface area contributed by atoms with Gasteiger partial charge in [-0.25, -0.2) is 0 Å². The van der Waals surface area contributed by atoms with Crippen LogP contribution in [0.5, 0.6) is 0 Å². The molecule has 0 aliphatic heterocycles. The van der Waals surface area contributed by atoms with Crippen molar-refractivity contribution in [3.05, 3.63) is 65.2 Å². The molecule has 4 heteroatoms. The Balaban J connectivity index is 1.95. The van der Waals surface area contributed by atoms with Gasteiger partial charge in [0, 0.05) is 17.0 Å². The molecule has 1 atom stereocenters. The minimum Gasteiger partial charge on any atom is -0.387 e. The van der Waals surface area contributed by atoms with Gasteiger partial charge in [0.1, 0.15) is 0 Å². The van der Waals surface area contributed by atoms with Crippen LogP contribution in [-0.2, 0) is 0 Å². The van der Waals surface area contributed by atoms with Gasteiger partial charge in [0.05, 0.1) is 6.10 Å². The fourth-order valence-corrected chi connectivity index (χ4v) is 2.46. The Kier molecular flexibility index (Phi) is 5.42. The van der Waals surface area contributed by atoms with Gasteiger partial charge in [-0.1, -0.05) is 30.3 Å². The van der Waals surface area contributed by atoms with Crippen molar-refractivity contribution in [2.45, 2.75) is 17.9 Å². The predicted octanol–water partition coefficient (Wildman–Crippen LogP) is 3.18. The number of carbonyl (C=O) groups excluding carboxylic acids is 1. The van der Waals surface area contributed by atoms with Gasteiger partial charge in [-0.15, -0.1) is 11.8 Å². The molecule has 0 aromatic heterocycles. The van der Waals surface area contributed by atoms with Crippen LogP contribution in [0.2, 0.25) is 0 Å². The van der Waals surface area contributed by atoms with E-state index in [0.29, 0.717) is 5.56 Å². The van der Waals surface area contributed by atoms with Crippen LogP contribution in [0, 0.1) is 6.92 Å². The van der Waals surface area contributed by atoms with Gasteiger partial charge in [-0.3, -0.25) is 4.79 Å². The number of rotatable bonds is 5. The number of amides is 1. The summed E-state index contributed by atoms with van der Waals surface area (Å²) in [6.45, 7) is 2.10. The second-order valence-electron chi connectivity index (χ2n) is 4.81. The van der Waals surface area contributed by atoms with Crippen molar-refractivity contribution in [3.63, 3.8) is 0 Å². The maximum atomic E-state index is 12.1. The highest BCUT2D eigenvalue weighted by Crippen LogP contribution is 2.18. The Morgan fingerprint density at radius 3 is 2.48 bits per heavy atom. The van der Waals surface area contributed by atoms with E-state index in [1.807, 2.05) is 55.6 Å². The third kappa shape index (κ3) is 4.09. The van der Waals surface area contributed by atoms with E-state index in [0.717, 1.165) is 16.0 Å². The number of thioether (sulfide) groups is 1. The van der Waals surface area contributed by atoms with Crippen molar-refractivity contribution in [1.29, 1.82) is 0 Å². The van der Waals surface area contributed by atoms with Crippen molar-refractivity contribution >= 4 is 17.7 Å². The first-order chi connectivity index (χ1) is 10.1. The molecular weight excluding hydrogens is 282 g/mol. The second-order valence-corrected chi connectivity index (χ2v) is 5.69. The number of benzene rings is 2. The van der Waals surface area contributed by atoms with Gasteiger partial charge in [-0.2, -0.15) is 0 Å². The standard InChI is InChI=1S/C17H19NO2S/c1-12-5-3-4-6-15(12)17(20)18-11-16(19)13-7-9-14(21-2)10-8-13/h3-10,16,19H,11H2,1-2H3,(H,18,20). The molecule has 0 aliphatic rings. The lowest BCUT2D eigenvalue weighted by Gasteiger charge is -2.13. The summed E-state index contributed by atoms with van der Waals surface area (Å²) in [6, 6.07) is 15.1. The Labute approximate surface area is 129 Å². The SMILES string of the molecule is CSc1ccc(C(O)CNC(=O)c2ccccc2C)cc1. The lowest BCUT2D eigenvalue weighted by molar-refractivity contribution is 0.0915. The highest BCUT2D eigenvalue weighted by Gasteiger charge is 2.12. The Bertz CT molecular complexity index is 610. The van der Waals surface area contributed by atoms with Crippen molar-refractivity contribution < 1.29 is 9.90 Å². The number of aliphatic hydroxyl groups excluding tert-OH is 1. The van der Waals surface area contributed by atoms with Crippen LogP contribution < -0.4 is 5.32 Å². The monoisotopic (exact) mass is 301 g/mol. The average molecular weight is 301 g/mol. The molecule has 1 unspecified atom stereocenters. The summed E-state index contributed by atoms with van der Waals surface area (Å²) < 4.78 is 0. The van der Waals surface area contributed by atoms with Gasteiger partial charge in [-0.05, 0) is 42.5 Å². The van der Waals surface area contributed by atoms with Gasteiger partial charge in [0.15, 0.2) is 0 Å². The normalized spacial score (nSPS) is 12.0. The first-order valence-corrected chi connectivity index (χ1v) is 8.00. The Hall–Kier alpha value is -1.78. The van der Waals surface area contributed by atoms with Crippen LogP contribution in [0.3, 0.4) is 0 Å². The van der Waals surface area contributed by atoms with Crippen molar-refractivity contribution in [2.24, 2.45) is 0 Å². The summed E-state index contributed by atoms with van der Waals surface area (Å²) >= 11 is 1.65. The number of carbonyl (C=O) groups is 1. The molecule has 2 aromatic carbocycles. The van der Waals surface area contributed by atoms with E-state index in [2.05, 4.69) is 5.32 Å². The molecule has 21 heavy (non-hydrogen) atoms. The fourth-order valence-electron chi connectivity index (χ4n) is 2.06. The summed E-state index contributed by atoms with van der Waals surface area (Å²) in [4.78, 5) is 13.2. The molecule has 0 bridgehead atoms. The van der Waals surface area contributed by atoms with Crippen LogP contribution >= 0.6 is 11.8 Å². The zero-order valence-corrected chi connectivity index (χ0v) is 13.0. The summed E-state index contributed by atoms with van der Waals surface area (Å²) in [7, 11) is 0. The molecule has 0 saturated carbocycles. The molecule has 2 aromatic rings. The van der Waals surface area contributed by atoms with Crippen LogP contribution in [0.15, 0.2) is 53.4 Å². The number of hydrogen-bond donors (Lipinski definition) is 2. The first-order valence-electron chi connectivity index (χ1n) is 6.77. The molecule has 3 nitrogen and oxygen atoms in total. The van der Waals surface area contributed by atoms with E-state index in [-0.39, 0.29) is 12.5 Å². The van der Waals surface area contributed by atoms with Crippen LogP contribution in [0.1, 0.15) is 27.6 Å². The molecule has 2 N–H and O–H groups in total. The molecule has 2 rings (SSSR count).